The maximum absolute atomic E-state index is 11.6. The molecule has 1 aromatic heterocycles. The fraction of sp³-hybridized carbons (Fsp3) is 0.333. The molecule has 0 radical (unpaired) electrons. The molecule has 0 unspecified atom stereocenters. The van der Waals surface area contributed by atoms with E-state index in [1.165, 1.54) is 0 Å². The molecule has 19 heavy (non-hydrogen) atoms. The lowest BCUT2D eigenvalue weighted by Gasteiger charge is -2.08. The lowest BCUT2D eigenvalue weighted by atomic mass is 10.3. The molecule has 2 rings (SSSR count). The highest BCUT2D eigenvalue weighted by Crippen LogP contribution is 2.15. The summed E-state index contributed by atoms with van der Waals surface area (Å²) < 4.78 is 9.94. The van der Waals surface area contributed by atoms with E-state index in [2.05, 4.69) is 20.6 Å². The van der Waals surface area contributed by atoms with Crippen LogP contribution >= 0.6 is 0 Å². The number of hydrogen-bond donors (Lipinski definition) is 3. The SMILES string of the molecule is COCCOCNC(=O)Nc1ccc2nc[nH]c2c1. The standard InChI is InChI=1S/C12H16N4O3/c1-18-4-5-19-8-15-12(17)16-9-2-3-10-11(6-9)14-7-13-10/h2-3,6-7H,4-5,8H2,1H3,(H,13,14)(H2,15,16,17). The lowest BCUT2D eigenvalue weighted by molar-refractivity contribution is 0.0650. The number of amides is 2. The highest BCUT2D eigenvalue weighted by atomic mass is 16.5. The van der Waals surface area contributed by atoms with Crippen LogP contribution in [0.25, 0.3) is 11.0 Å². The van der Waals surface area contributed by atoms with Gasteiger partial charge in [0.25, 0.3) is 0 Å². The van der Waals surface area contributed by atoms with E-state index in [1.54, 1.807) is 19.5 Å². The van der Waals surface area contributed by atoms with E-state index in [4.69, 9.17) is 9.47 Å². The van der Waals surface area contributed by atoms with Gasteiger partial charge in [-0.3, -0.25) is 0 Å². The number of H-pyrrole nitrogens is 1. The second kappa shape index (κ2) is 6.72. The largest absolute Gasteiger partial charge is 0.382 e. The third-order valence-electron chi connectivity index (χ3n) is 2.44. The van der Waals surface area contributed by atoms with Crippen molar-refractivity contribution in [3.63, 3.8) is 0 Å². The van der Waals surface area contributed by atoms with Crippen LogP contribution in [0.15, 0.2) is 24.5 Å². The number of ether oxygens (including phenoxy) is 2. The molecule has 0 saturated carbocycles. The van der Waals surface area contributed by atoms with E-state index in [-0.39, 0.29) is 12.8 Å². The summed E-state index contributed by atoms with van der Waals surface area (Å²) in [7, 11) is 1.59. The van der Waals surface area contributed by atoms with E-state index >= 15 is 0 Å². The average molecular weight is 264 g/mol. The first kappa shape index (κ1) is 13.3. The van der Waals surface area contributed by atoms with E-state index in [9.17, 15) is 4.79 Å². The molecule has 0 aliphatic rings. The Bertz CT molecular complexity index is 541. The quantitative estimate of drug-likeness (QED) is 0.542. The van der Waals surface area contributed by atoms with E-state index < -0.39 is 0 Å². The fourth-order valence-corrected chi connectivity index (χ4v) is 1.52. The Morgan fingerprint density at radius 3 is 3.16 bits per heavy atom. The maximum Gasteiger partial charge on any atom is 0.321 e. The number of carbonyl (C=O) groups is 1. The summed E-state index contributed by atoms with van der Waals surface area (Å²) in [5.41, 5.74) is 2.41. The number of methoxy groups -OCH3 is 1. The number of benzene rings is 1. The number of carbonyl (C=O) groups excluding carboxylic acids is 1. The number of nitrogens with one attached hydrogen (secondary N) is 3. The van der Waals surface area contributed by atoms with Gasteiger partial charge in [0, 0.05) is 12.8 Å². The summed E-state index contributed by atoms with van der Waals surface area (Å²) in [5, 5.41) is 5.28. The van der Waals surface area contributed by atoms with Crippen LogP contribution in [0, 0.1) is 0 Å². The number of anilines is 1. The molecule has 1 heterocycles. The van der Waals surface area contributed by atoms with Crippen molar-refractivity contribution in [3.05, 3.63) is 24.5 Å². The van der Waals surface area contributed by atoms with Gasteiger partial charge in [-0.15, -0.1) is 0 Å². The molecule has 2 aromatic rings. The minimum Gasteiger partial charge on any atom is -0.382 e. The first-order valence-corrected chi connectivity index (χ1v) is 5.84. The summed E-state index contributed by atoms with van der Waals surface area (Å²) in [4.78, 5) is 18.6. The van der Waals surface area contributed by atoms with Crippen LogP contribution in [0.3, 0.4) is 0 Å². The van der Waals surface area contributed by atoms with Gasteiger partial charge in [0.2, 0.25) is 0 Å². The zero-order valence-electron chi connectivity index (χ0n) is 10.6. The van der Waals surface area contributed by atoms with Crippen LogP contribution in [-0.4, -0.2) is 43.1 Å². The highest BCUT2D eigenvalue weighted by molar-refractivity contribution is 5.91. The average Bonchev–Trinajstić information content (AvgIpc) is 2.86. The van der Waals surface area contributed by atoms with Crippen LogP contribution in [0.4, 0.5) is 10.5 Å². The topological polar surface area (TPSA) is 88.3 Å². The molecule has 7 nitrogen and oxygen atoms in total. The van der Waals surface area contributed by atoms with Gasteiger partial charge >= 0.3 is 6.03 Å². The molecule has 7 heteroatoms. The summed E-state index contributed by atoms with van der Waals surface area (Å²) in [6.45, 7) is 1.08. The predicted molar refractivity (Wildman–Crippen MR) is 70.9 cm³/mol. The smallest absolute Gasteiger partial charge is 0.321 e. The third-order valence-corrected chi connectivity index (χ3v) is 2.44. The number of imidazole rings is 1. The van der Waals surface area contributed by atoms with Crippen molar-refractivity contribution in [2.45, 2.75) is 0 Å². The third kappa shape index (κ3) is 3.94. The second-order valence-electron chi connectivity index (χ2n) is 3.81. The molecule has 2 amide bonds. The molecule has 0 fully saturated rings. The molecule has 3 N–H and O–H groups in total. The van der Waals surface area contributed by atoms with Crippen molar-refractivity contribution in [2.75, 3.05) is 32.4 Å². The van der Waals surface area contributed by atoms with Gasteiger partial charge in [-0.2, -0.15) is 0 Å². The number of nitrogens with zero attached hydrogens (tertiary/aromatic N) is 1. The zero-order chi connectivity index (χ0) is 13.5. The van der Waals surface area contributed by atoms with Gasteiger partial charge in [-0.25, -0.2) is 9.78 Å². The maximum atomic E-state index is 11.6. The molecule has 0 saturated heterocycles. The minimum atomic E-state index is -0.323. The van der Waals surface area contributed by atoms with Gasteiger partial charge in [0.1, 0.15) is 6.73 Å². The van der Waals surface area contributed by atoms with Crippen molar-refractivity contribution in [1.29, 1.82) is 0 Å². The van der Waals surface area contributed by atoms with Crippen LogP contribution in [0.5, 0.6) is 0 Å². The van der Waals surface area contributed by atoms with Gasteiger partial charge in [0.05, 0.1) is 30.6 Å². The van der Waals surface area contributed by atoms with Crippen molar-refractivity contribution < 1.29 is 14.3 Å². The summed E-state index contributed by atoms with van der Waals surface area (Å²) in [6, 6.07) is 5.11. The normalized spacial score (nSPS) is 10.6. The molecule has 102 valence electrons. The van der Waals surface area contributed by atoms with E-state index in [0.29, 0.717) is 18.9 Å². The monoisotopic (exact) mass is 264 g/mol. The molecule has 1 aromatic carbocycles. The fourth-order valence-electron chi connectivity index (χ4n) is 1.52. The Hall–Kier alpha value is -2.12. The number of aromatic amines is 1. The number of aromatic nitrogens is 2. The molecule has 0 aliphatic carbocycles. The van der Waals surface area contributed by atoms with Crippen LogP contribution < -0.4 is 10.6 Å². The first-order chi connectivity index (χ1) is 9.29. The number of hydrogen-bond acceptors (Lipinski definition) is 4. The van der Waals surface area contributed by atoms with Crippen molar-refractivity contribution >= 4 is 22.8 Å². The first-order valence-electron chi connectivity index (χ1n) is 5.84. The Morgan fingerprint density at radius 2 is 2.32 bits per heavy atom. The van der Waals surface area contributed by atoms with Crippen LogP contribution in [-0.2, 0) is 9.47 Å². The lowest BCUT2D eigenvalue weighted by Crippen LogP contribution is -2.31. The Labute approximate surface area is 110 Å². The molecular weight excluding hydrogens is 248 g/mol. The minimum absolute atomic E-state index is 0.140. The van der Waals surface area contributed by atoms with Crippen molar-refractivity contribution in [1.82, 2.24) is 15.3 Å². The van der Waals surface area contributed by atoms with E-state index in [1.807, 2.05) is 12.1 Å². The van der Waals surface area contributed by atoms with Crippen molar-refractivity contribution in [2.24, 2.45) is 0 Å². The van der Waals surface area contributed by atoms with Crippen LogP contribution in [0.2, 0.25) is 0 Å². The van der Waals surface area contributed by atoms with Gasteiger partial charge in [-0.1, -0.05) is 0 Å². The molecular formula is C12H16N4O3. The second-order valence-corrected chi connectivity index (χ2v) is 3.81. The summed E-state index contributed by atoms with van der Waals surface area (Å²) in [6.07, 6.45) is 1.61. The highest BCUT2D eigenvalue weighted by Gasteiger charge is 2.02. The Kier molecular flexibility index (Phi) is 4.71. The summed E-state index contributed by atoms with van der Waals surface area (Å²) in [5.74, 6) is 0. The summed E-state index contributed by atoms with van der Waals surface area (Å²) >= 11 is 0. The van der Waals surface area contributed by atoms with Gasteiger partial charge in [-0.05, 0) is 18.2 Å². The number of fused-ring (bicyclic) bond motifs is 1. The van der Waals surface area contributed by atoms with Gasteiger partial charge < -0.3 is 25.1 Å². The zero-order valence-corrected chi connectivity index (χ0v) is 10.6. The Morgan fingerprint density at radius 1 is 1.42 bits per heavy atom. The van der Waals surface area contributed by atoms with E-state index in [0.717, 1.165) is 11.0 Å². The predicted octanol–water partition coefficient (Wildman–Crippen LogP) is 1.30. The number of urea groups is 1. The molecule has 0 spiro atoms. The Balaban J connectivity index is 1.78. The van der Waals surface area contributed by atoms with Crippen LogP contribution in [0.1, 0.15) is 0 Å². The molecule has 0 atom stereocenters. The van der Waals surface area contributed by atoms with Gasteiger partial charge in [0.15, 0.2) is 0 Å². The van der Waals surface area contributed by atoms with Crippen molar-refractivity contribution in [3.8, 4) is 0 Å². The molecule has 0 aliphatic heterocycles. The molecule has 0 bridgehead atoms. The number of rotatable bonds is 6.